The van der Waals surface area contributed by atoms with E-state index in [9.17, 15) is 14.9 Å². The van der Waals surface area contributed by atoms with Crippen molar-refractivity contribution < 1.29 is 9.59 Å². The Bertz CT molecular complexity index is 989. The monoisotopic (exact) mass is 450 g/mol. The van der Waals surface area contributed by atoms with Crippen molar-refractivity contribution in [3.63, 3.8) is 0 Å². The molecule has 2 aromatic heterocycles. The van der Waals surface area contributed by atoms with Crippen LogP contribution < -0.4 is 5.32 Å². The van der Waals surface area contributed by atoms with Gasteiger partial charge in [-0.25, -0.2) is 0 Å². The molecule has 32 heavy (non-hydrogen) atoms. The van der Waals surface area contributed by atoms with Crippen molar-refractivity contribution in [3.8, 4) is 6.07 Å². The summed E-state index contributed by atoms with van der Waals surface area (Å²) in [6.45, 7) is 1.11. The first-order chi connectivity index (χ1) is 15.6. The minimum atomic E-state index is -0.00559. The second-order valence-electron chi connectivity index (χ2n) is 8.80. The van der Waals surface area contributed by atoms with Gasteiger partial charge in [-0.05, 0) is 42.9 Å². The molecule has 0 bridgehead atoms. The van der Waals surface area contributed by atoms with Crippen LogP contribution in [0.15, 0.2) is 24.4 Å². The molecule has 1 saturated carbocycles. The third-order valence-electron chi connectivity index (χ3n) is 6.60. The highest BCUT2D eigenvalue weighted by Gasteiger charge is 2.27. The van der Waals surface area contributed by atoms with E-state index < -0.39 is 0 Å². The number of nitrogens with one attached hydrogen (secondary N) is 1. The van der Waals surface area contributed by atoms with Crippen LogP contribution in [0.4, 0.5) is 5.00 Å². The molecule has 7 heteroatoms. The zero-order valence-corrected chi connectivity index (χ0v) is 19.3. The van der Waals surface area contributed by atoms with E-state index in [-0.39, 0.29) is 11.8 Å². The molecule has 1 N–H and O–H groups in total. The Hall–Kier alpha value is -2.72. The smallest absolute Gasteiger partial charge is 0.225 e. The molecule has 0 radical (unpaired) electrons. The standard InChI is InChI=1S/C25H30N4O2S/c26-16-21-20-13-15-29(24(31)12-10-19-8-4-5-14-27-19)17-22(20)32-25(21)28-23(30)11-9-18-6-2-1-3-7-18/h4-5,8,14,18H,1-3,6-7,9-13,15,17H2,(H,28,30). The predicted octanol–water partition coefficient (Wildman–Crippen LogP) is 4.83. The summed E-state index contributed by atoms with van der Waals surface area (Å²) in [6, 6.07) is 8.02. The normalized spacial score (nSPS) is 16.3. The van der Waals surface area contributed by atoms with E-state index in [4.69, 9.17) is 0 Å². The molecule has 168 valence electrons. The molecule has 0 spiro atoms. The molecular formula is C25H30N4O2S. The van der Waals surface area contributed by atoms with Gasteiger partial charge in [0.1, 0.15) is 11.1 Å². The quantitative estimate of drug-likeness (QED) is 0.654. The zero-order valence-electron chi connectivity index (χ0n) is 18.4. The van der Waals surface area contributed by atoms with Crippen LogP contribution in [0.25, 0.3) is 0 Å². The van der Waals surface area contributed by atoms with Crippen molar-refractivity contribution in [2.45, 2.75) is 70.8 Å². The van der Waals surface area contributed by atoms with E-state index in [2.05, 4.69) is 16.4 Å². The third kappa shape index (κ3) is 5.55. The molecule has 1 fully saturated rings. The van der Waals surface area contributed by atoms with Gasteiger partial charge >= 0.3 is 0 Å². The lowest BCUT2D eigenvalue weighted by atomic mass is 9.86. The number of hydrogen-bond acceptors (Lipinski definition) is 5. The lowest BCUT2D eigenvalue weighted by molar-refractivity contribution is -0.132. The first-order valence-corrected chi connectivity index (χ1v) is 12.5. The Balaban J connectivity index is 1.34. The highest BCUT2D eigenvalue weighted by atomic mass is 32.1. The van der Waals surface area contributed by atoms with Crippen molar-refractivity contribution in [2.24, 2.45) is 5.92 Å². The van der Waals surface area contributed by atoms with E-state index in [1.165, 1.54) is 43.4 Å². The van der Waals surface area contributed by atoms with Gasteiger partial charge in [0.25, 0.3) is 0 Å². The van der Waals surface area contributed by atoms with Gasteiger partial charge in [-0.2, -0.15) is 5.26 Å². The number of nitrogens with zero attached hydrogens (tertiary/aromatic N) is 3. The van der Waals surface area contributed by atoms with Gasteiger partial charge in [0.05, 0.1) is 12.1 Å². The largest absolute Gasteiger partial charge is 0.337 e. The second kappa shape index (κ2) is 10.7. The predicted molar refractivity (Wildman–Crippen MR) is 125 cm³/mol. The van der Waals surface area contributed by atoms with Crippen molar-refractivity contribution in [1.29, 1.82) is 5.26 Å². The lowest BCUT2D eigenvalue weighted by Crippen LogP contribution is -2.35. The highest BCUT2D eigenvalue weighted by Crippen LogP contribution is 2.37. The maximum atomic E-state index is 12.7. The molecular weight excluding hydrogens is 420 g/mol. The SMILES string of the molecule is N#Cc1c(NC(=O)CCC2CCCCC2)sc2c1CCN(C(=O)CCc1ccccn1)C2. The molecule has 2 aliphatic rings. The van der Waals surface area contributed by atoms with Crippen LogP contribution in [-0.2, 0) is 29.0 Å². The highest BCUT2D eigenvalue weighted by molar-refractivity contribution is 7.16. The molecule has 2 aromatic rings. The summed E-state index contributed by atoms with van der Waals surface area (Å²) in [5.41, 5.74) is 2.49. The number of anilines is 1. The zero-order chi connectivity index (χ0) is 22.3. The van der Waals surface area contributed by atoms with Crippen LogP contribution in [0, 0.1) is 17.2 Å². The van der Waals surface area contributed by atoms with Crippen LogP contribution in [0.1, 0.15) is 73.1 Å². The van der Waals surface area contributed by atoms with Crippen LogP contribution in [0.3, 0.4) is 0 Å². The number of hydrogen-bond donors (Lipinski definition) is 1. The summed E-state index contributed by atoms with van der Waals surface area (Å²) in [5, 5.41) is 13.4. The Morgan fingerprint density at radius 1 is 1.22 bits per heavy atom. The molecule has 0 aromatic carbocycles. The van der Waals surface area contributed by atoms with E-state index in [0.717, 1.165) is 22.6 Å². The Morgan fingerprint density at radius 3 is 2.81 bits per heavy atom. The van der Waals surface area contributed by atoms with E-state index in [1.807, 2.05) is 23.1 Å². The van der Waals surface area contributed by atoms with E-state index >= 15 is 0 Å². The van der Waals surface area contributed by atoms with Crippen molar-refractivity contribution in [3.05, 3.63) is 46.1 Å². The molecule has 1 aliphatic carbocycles. The molecule has 6 nitrogen and oxygen atoms in total. The number of aromatic nitrogens is 1. The maximum absolute atomic E-state index is 12.7. The lowest BCUT2D eigenvalue weighted by Gasteiger charge is -2.27. The average molecular weight is 451 g/mol. The summed E-state index contributed by atoms with van der Waals surface area (Å²) in [4.78, 5) is 32.4. The van der Waals surface area contributed by atoms with Crippen LogP contribution in [-0.4, -0.2) is 28.2 Å². The molecule has 4 rings (SSSR count). The fourth-order valence-electron chi connectivity index (χ4n) is 4.76. The number of amides is 2. The number of fused-ring (bicyclic) bond motifs is 1. The van der Waals surface area contributed by atoms with Crippen molar-refractivity contribution in [2.75, 3.05) is 11.9 Å². The fourth-order valence-corrected chi connectivity index (χ4v) is 5.99. The van der Waals surface area contributed by atoms with Crippen LogP contribution in [0.5, 0.6) is 0 Å². The van der Waals surface area contributed by atoms with Gasteiger partial charge in [0, 0.05) is 36.2 Å². The number of rotatable bonds is 7. The average Bonchev–Trinajstić information content (AvgIpc) is 3.18. The summed E-state index contributed by atoms with van der Waals surface area (Å²) >= 11 is 1.45. The molecule has 3 heterocycles. The van der Waals surface area contributed by atoms with Gasteiger partial charge in [-0.3, -0.25) is 14.6 Å². The number of carbonyl (C=O) groups excluding carboxylic acids is 2. The minimum absolute atomic E-state index is 0.00559. The van der Waals surface area contributed by atoms with Gasteiger partial charge in [-0.1, -0.05) is 38.2 Å². The molecule has 0 atom stereocenters. The van der Waals surface area contributed by atoms with Crippen molar-refractivity contribution in [1.82, 2.24) is 9.88 Å². The van der Waals surface area contributed by atoms with Gasteiger partial charge < -0.3 is 10.2 Å². The molecule has 1 aliphatic heterocycles. The molecule has 0 unspecified atom stereocenters. The number of thiophene rings is 1. The van der Waals surface area contributed by atoms with Crippen molar-refractivity contribution >= 4 is 28.2 Å². The van der Waals surface area contributed by atoms with E-state index in [0.29, 0.717) is 55.3 Å². The van der Waals surface area contributed by atoms with Crippen LogP contribution in [0.2, 0.25) is 0 Å². The molecule has 2 amide bonds. The number of aryl methyl sites for hydroxylation is 1. The summed E-state index contributed by atoms with van der Waals surface area (Å²) in [5.74, 6) is 0.757. The van der Waals surface area contributed by atoms with Crippen LogP contribution >= 0.6 is 11.3 Å². The van der Waals surface area contributed by atoms with Gasteiger partial charge in [0.2, 0.25) is 11.8 Å². The number of pyridine rings is 1. The summed E-state index contributed by atoms with van der Waals surface area (Å²) in [6.07, 6.45) is 11.2. The topological polar surface area (TPSA) is 86.1 Å². The Kier molecular flexibility index (Phi) is 7.54. The third-order valence-corrected chi connectivity index (χ3v) is 7.73. The Morgan fingerprint density at radius 2 is 2.06 bits per heavy atom. The number of nitriles is 1. The first-order valence-electron chi connectivity index (χ1n) is 11.7. The number of carbonyl (C=O) groups is 2. The summed E-state index contributed by atoms with van der Waals surface area (Å²) < 4.78 is 0. The second-order valence-corrected chi connectivity index (χ2v) is 9.90. The maximum Gasteiger partial charge on any atom is 0.225 e. The van der Waals surface area contributed by atoms with E-state index in [1.54, 1.807) is 6.20 Å². The fraction of sp³-hybridized carbons (Fsp3) is 0.520. The molecule has 0 saturated heterocycles. The first kappa shape index (κ1) is 22.5. The minimum Gasteiger partial charge on any atom is -0.337 e. The Labute approximate surface area is 193 Å². The van der Waals surface area contributed by atoms with Gasteiger partial charge in [-0.15, -0.1) is 11.3 Å². The summed E-state index contributed by atoms with van der Waals surface area (Å²) in [7, 11) is 0. The van der Waals surface area contributed by atoms with Gasteiger partial charge in [0.15, 0.2) is 0 Å².